The Morgan fingerprint density at radius 2 is 2.17 bits per heavy atom. The van der Waals surface area contributed by atoms with Crippen molar-refractivity contribution in [2.75, 3.05) is 12.0 Å². The number of fused-ring (bicyclic) bond motifs is 1. The highest BCUT2D eigenvalue weighted by Crippen LogP contribution is 2.22. The summed E-state index contributed by atoms with van der Waals surface area (Å²) in [5.41, 5.74) is 4.41. The van der Waals surface area contributed by atoms with Crippen molar-refractivity contribution in [1.29, 1.82) is 0 Å². The second-order valence-electron chi connectivity index (χ2n) is 3.97. The van der Waals surface area contributed by atoms with Gasteiger partial charge in [0.15, 0.2) is 0 Å². The van der Waals surface area contributed by atoms with Gasteiger partial charge in [0.2, 0.25) is 0 Å². The number of nitrogen functional groups attached to an aromatic ring is 1. The topological polar surface area (TPSA) is 80.0 Å². The van der Waals surface area contributed by atoms with Gasteiger partial charge in [0, 0.05) is 11.9 Å². The van der Waals surface area contributed by atoms with Crippen molar-refractivity contribution in [3.63, 3.8) is 0 Å². The number of amides is 1. The summed E-state index contributed by atoms with van der Waals surface area (Å²) in [6, 6.07) is 9.20. The maximum absolute atomic E-state index is 11.9. The molecule has 0 aliphatic carbocycles. The van der Waals surface area contributed by atoms with Crippen molar-refractivity contribution >= 4 is 22.5 Å². The Bertz CT molecular complexity index is 568. The molecule has 0 saturated heterocycles. The first kappa shape index (κ1) is 12.3. The lowest BCUT2D eigenvalue weighted by Crippen LogP contribution is -2.25. The summed E-state index contributed by atoms with van der Waals surface area (Å²) in [5.74, 6) is 5.29. The fraction of sp³-hybridized carbons (Fsp3) is 0.231. The van der Waals surface area contributed by atoms with Crippen molar-refractivity contribution < 1.29 is 4.79 Å². The number of hydrogen-bond acceptors (Lipinski definition) is 4. The molecule has 0 spiro atoms. The molecule has 5 nitrogen and oxygen atoms in total. The lowest BCUT2D eigenvalue weighted by Gasteiger charge is -2.09. The molecular formula is C13H16N4O. The van der Waals surface area contributed by atoms with Crippen LogP contribution in [0.3, 0.4) is 0 Å². The van der Waals surface area contributed by atoms with Crippen molar-refractivity contribution in [3.05, 3.63) is 36.0 Å². The van der Waals surface area contributed by atoms with Gasteiger partial charge >= 0.3 is 0 Å². The van der Waals surface area contributed by atoms with E-state index in [4.69, 9.17) is 5.84 Å². The van der Waals surface area contributed by atoms with Gasteiger partial charge in [-0.05, 0) is 18.6 Å². The zero-order valence-corrected chi connectivity index (χ0v) is 10.2. The fourth-order valence-electron chi connectivity index (χ4n) is 1.74. The molecule has 94 valence electrons. The third-order valence-corrected chi connectivity index (χ3v) is 2.64. The molecule has 1 aromatic carbocycles. The van der Waals surface area contributed by atoms with Gasteiger partial charge in [-0.2, -0.15) is 0 Å². The predicted octanol–water partition coefficient (Wildman–Crippen LogP) is 1.66. The van der Waals surface area contributed by atoms with E-state index in [-0.39, 0.29) is 5.91 Å². The first-order chi connectivity index (χ1) is 8.76. The van der Waals surface area contributed by atoms with Crippen LogP contribution < -0.4 is 16.6 Å². The van der Waals surface area contributed by atoms with Gasteiger partial charge in [0.25, 0.3) is 5.91 Å². The summed E-state index contributed by atoms with van der Waals surface area (Å²) < 4.78 is 0. The third kappa shape index (κ3) is 2.41. The molecule has 0 bridgehead atoms. The molecule has 0 radical (unpaired) electrons. The molecule has 2 rings (SSSR count). The van der Waals surface area contributed by atoms with E-state index >= 15 is 0 Å². The highest BCUT2D eigenvalue weighted by molar-refractivity contribution is 5.99. The Hall–Kier alpha value is -2.14. The smallest absolute Gasteiger partial charge is 0.269 e. The standard InChI is InChI=1S/C13H16N4O/c1-2-7-15-13(18)12-8-11(17-14)9-5-3-4-6-10(9)16-12/h3-6,8H,2,7,14H2,1H3,(H,15,18)(H,16,17). The minimum atomic E-state index is -0.181. The molecule has 0 aliphatic heterocycles. The van der Waals surface area contributed by atoms with Crippen LogP contribution in [-0.4, -0.2) is 17.4 Å². The Labute approximate surface area is 105 Å². The number of anilines is 1. The summed E-state index contributed by atoms with van der Waals surface area (Å²) in [6.45, 7) is 2.64. The zero-order chi connectivity index (χ0) is 13.0. The molecule has 0 aliphatic rings. The SMILES string of the molecule is CCCNC(=O)c1cc(NN)c2ccccc2n1. The van der Waals surface area contributed by atoms with E-state index in [1.165, 1.54) is 0 Å². The van der Waals surface area contributed by atoms with Gasteiger partial charge in [-0.15, -0.1) is 0 Å². The van der Waals surface area contributed by atoms with Crippen molar-refractivity contribution in [2.24, 2.45) is 5.84 Å². The van der Waals surface area contributed by atoms with E-state index in [2.05, 4.69) is 15.7 Å². The molecule has 0 unspecified atom stereocenters. The number of benzene rings is 1. The Morgan fingerprint density at radius 1 is 1.39 bits per heavy atom. The van der Waals surface area contributed by atoms with E-state index in [1.54, 1.807) is 6.07 Å². The van der Waals surface area contributed by atoms with Gasteiger partial charge in [0.05, 0.1) is 11.2 Å². The molecule has 0 atom stereocenters. The number of rotatable bonds is 4. The number of hydrazine groups is 1. The number of nitrogens with one attached hydrogen (secondary N) is 2. The highest BCUT2D eigenvalue weighted by Gasteiger charge is 2.10. The predicted molar refractivity (Wildman–Crippen MR) is 72.2 cm³/mol. The van der Waals surface area contributed by atoms with Gasteiger partial charge in [-0.25, -0.2) is 4.98 Å². The first-order valence-electron chi connectivity index (χ1n) is 5.91. The number of nitrogens with zero attached hydrogens (tertiary/aromatic N) is 1. The van der Waals surface area contributed by atoms with Crippen LogP contribution in [0.1, 0.15) is 23.8 Å². The molecular weight excluding hydrogens is 228 g/mol. The molecule has 1 heterocycles. The average Bonchev–Trinajstić information content (AvgIpc) is 2.43. The normalized spacial score (nSPS) is 10.3. The number of aromatic nitrogens is 1. The molecule has 5 heteroatoms. The summed E-state index contributed by atoms with van der Waals surface area (Å²) in [4.78, 5) is 16.2. The summed E-state index contributed by atoms with van der Waals surface area (Å²) >= 11 is 0. The van der Waals surface area contributed by atoms with Crippen LogP contribution in [0.15, 0.2) is 30.3 Å². The second-order valence-corrected chi connectivity index (χ2v) is 3.97. The number of hydrogen-bond donors (Lipinski definition) is 3. The molecule has 0 saturated carbocycles. The van der Waals surface area contributed by atoms with Gasteiger partial charge in [-0.3, -0.25) is 10.6 Å². The lowest BCUT2D eigenvalue weighted by atomic mass is 10.1. The monoisotopic (exact) mass is 244 g/mol. The Balaban J connectivity index is 2.43. The maximum atomic E-state index is 11.9. The van der Waals surface area contributed by atoms with E-state index in [1.807, 2.05) is 31.2 Å². The largest absolute Gasteiger partial charge is 0.351 e. The van der Waals surface area contributed by atoms with E-state index < -0.39 is 0 Å². The fourth-order valence-corrected chi connectivity index (χ4v) is 1.74. The molecule has 2 aromatic rings. The number of carbonyl (C=O) groups is 1. The average molecular weight is 244 g/mol. The zero-order valence-electron chi connectivity index (χ0n) is 10.2. The Kier molecular flexibility index (Phi) is 3.74. The highest BCUT2D eigenvalue weighted by atomic mass is 16.1. The number of nitrogens with two attached hydrogens (primary N) is 1. The second kappa shape index (κ2) is 5.46. The minimum Gasteiger partial charge on any atom is -0.351 e. The number of para-hydroxylation sites is 1. The van der Waals surface area contributed by atoms with Crippen LogP contribution in [0.2, 0.25) is 0 Å². The van der Waals surface area contributed by atoms with Crippen LogP contribution in [0, 0.1) is 0 Å². The van der Waals surface area contributed by atoms with Gasteiger partial charge < -0.3 is 10.7 Å². The minimum absolute atomic E-state index is 0.181. The maximum Gasteiger partial charge on any atom is 0.269 e. The molecule has 1 amide bonds. The van der Waals surface area contributed by atoms with E-state index in [0.29, 0.717) is 17.9 Å². The number of pyridine rings is 1. The van der Waals surface area contributed by atoms with Crippen LogP contribution in [0.4, 0.5) is 5.69 Å². The summed E-state index contributed by atoms with van der Waals surface area (Å²) in [6.07, 6.45) is 0.890. The molecule has 18 heavy (non-hydrogen) atoms. The molecule has 0 fully saturated rings. The van der Waals surface area contributed by atoms with Crippen molar-refractivity contribution in [3.8, 4) is 0 Å². The van der Waals surface area contributed by atoms with E-state index in [0.717, 1.165) is 17.3 Å². The van der Waals surface area contributed by atoms with Gasteiger partial charge in [-0.1, -0.05) is 25.1 Å². The van der Waals surface area contributed by atoms with Crippen LogP contribution in [0.25, 0.3) is 10.9 Å². The van der Waals surface area contributed by atoms with Crippen LogP contribution in [-0.2, 0) is 0 Å². The molecule has 4 N–H and O–H groups in total. The van der Waals surface area contributed by atoms with Gasteiger partial charge in [0.1, 0.15) is 5.69 Å². The lowest BCUT2D eigenvalue weighted by molar-refractivity contribution is 0.0949. The van der Waals surface area contributed by atoms with Crippen molar-refractivity contribution in [1.82, 2.24) is 10.3 Å². The first-order valence-corrected chi connectivity index (χ1v) is 5.91. The quantitative estimate of drug-likeness (QED) is 0.564. The van der Waals surface area contributed by atoms with Crippen LogP contribution >= 0.6 is 0 Å². The van der Waals surface area contributed by atoms with E-state index in [9.17, 15) is 4.79 Å². The van der Waals surface area contributed by atoms with Crippen LogP contribution in [0.5, 0.6) is 0 Å². The molecule has 1 aromatic heterocycles. The summed E-state index contributed by atoms with van der Waals surface area (Å²) in [7, 11) is 0. The summed E-state index contributed by atoms with van der Waals surface area (Å²) in [5, 5.41) is 3.69. The Morgan fingerprint density at radius 3 is 2.89 bits per heavy atom. The van der Waals surface area contributed by atoms with Crippen molar-refractivity contribution in [2.45, 2.75) is 13.3 Å². The number of carbonyl (C=O) groups excluding carboxylic acids is 1. The third-order valence-electron chi connectivity index (χ3n) is 2.64.